The van der Waals surface area contributed by atoms with Gasteiger partial charge in [-0.15, -0.1) is 0 Å². The summed E-state index contributed by atoms with van der Waals surface area (Å²) in [6, 6.07) is 30.1. The number of ketones is 1. The Morgan fingerprint density at radius 2 is 1.14 bits per heavy atom. The molecule has 0 saturated carbocycles. The topological polar surface area (TPSA) is 40.5 Å². The second-order valence-corrected chi connectivity index (χ2v) is 7.19. The van der Waals surface area contributed by atoms with Gasteiger partial charge >= 0.3 is 0 Å². The molecule has 0 saturated heterocycles. The minimum absolute atomic E-state index is 0.202. The summed E-state index contributed by atoms with van der Waals surface area (Å²) in [6.45, 7) is 2.79. The largest absolute Gasteiger partial charge is 0.384 e. The minimum atomic E-state index is -1.03. The summed E-state index contributed by atoms with van der Waals surface area (Å²) >= 11 is 0. The number of nitrogens with zero attached hydrogens (tertiary/aromatic N) is 1. The molecular weight excluding hydrogens is 346 g/mol. The highest BCUT2D eigenvalue weighted by atomic mass is 16.3. The van der Waals surface area contributed by atoms with Gasteiger partial charge in [-0.1, -0.05) is 91.0 Å². The molecule has 144 valence electrons. The maximum Gasteiger partial charge on any atom is 0.159 e. The van der Waals surface area contributed by atoms with Crippen molar-refractivity contribution in [2.24, 2.45) is 0 Å². The fourth-order valence-electron chi connectivity index (χ4n) is 3.49. The Bertz CT molecular complexity index is 808. The van der Waals surface area contributed by atoms with Crippen molar-refractivity contribution < 1.29 is 9.90 Å². The lowest BCUT2D eigenvalue weighted by Crippen LogP contribution is -2.47. The Morgan fingerprint density at radius 1 is 0.750 bits per heavy atom. The third kappa shape index (κ3) is 5.62. The van der Waals surface area contributed by atoms with Crippen molar-refractivity contribution in [1.29, 1.82) is 0 Å². The molecule has 0 amide bonds. The lowest BCUT2D eigenvalue weighted by molar-refractivity contribution is -0.128. The van der Waals surface area contributed by atoms with Gasteiger partial charge in [0.05, 0.1) is 0 Å². The molecule has 3 nitrogen and oxygen atoms in total. The number of aliphatic hydroxyl groups is 1. The summed E-state index contributed by atoms with van der Waals surface area (Å²) in [6.07, 6.45) is -0.422. The third-order valence-corrected chi connectivity index (χ3v) is 4.99. The summed E-state index contributed by atoms with van der Waals surface area (Å²) in [4.78, 5) is 14.3. The van der Waals surface area contributed by atoms with Crippen LogP contribution in [0, 0.1) is 0 Å². The predicted octanol–water partition coefficient (Wildman–Crippen LogP) is 4.25. The van der Waals surface area contributed by atoms with Crippen molar-refractivity contribution >= 4 is 5.78 Å². The van der Waals surface area contributed by atoms with Crippen LogP contribution in [0.5, 0.6) is 0 Å². The van der Waals surface area contributed by atoms with Crippen molar-refractivity contribution in [2.45, 2.75) is 38.6 Å². The molecule has 0 aliphatic carbocycles. The van der Waals surface area contributed by atoms with Crippen LogP contribution < -0.4 is 0 Å². The van der Waals surface area contributed by atoms with E-state index < -0.39 is 6.10 Å². The van der Waals surface area contributed by atoms with Crippen LogP contribution >= 0.6 is 0 Å². The van der Waals surface area contributed by atoms with Gasteiger partial charge < -0.3 is 5.11 Å². The van der Waals surface area contributed by atoms with Crippen molar-refractivity contribution in [1.82, 2.24) is 4.90 Å². The number of carbonyl (C=O) groups is 1. The average molecular weight is 373 g/mol. The Kier molecular flexibility index (Phi) is 7.12. The summed E-state index contributed by atoms with van der Waals surface area (Å²) < 4.78 is 0. The molecule has 3 rings (SSSR count). The molecule has 2 atom stereocenters. The van der Waals surface area contributed by atoms with Crippen LogP contribution in [0.2, 0.25) is 0 Å². The smallest absolute Gasteiger partial charge is 0.159 e. The predicted molar refractivity (Wildman–Crippen MR) is 113 cm³/mol. The van der Waals surface area contributed by atoms with Crippen molar-refractivity contribution in [3.05, 3.63) is 108 Å². The first-order chi connectivity index (χ1) is 13.6. The van der Waals surface area contributed by atoms with E-state index in [0.717, 1.165) is 16.7 Å². The highest BCUT2D eigenvalue weighted by Gasteiger charge is 2.29. The molecule has 3 heteroatoms. The number of hydrogen-bond acceptors (Lipinski definition) is 3. The van der Waals surface area contributed by atoms with E-state index in [1.807, 2.05) is 66.7 Å². The van der Waals surface area contributed by atoms with E-state index in [1.165, 1.54) is 6.92 Å². The normalized spacial score (nSPS) is 13.2. The van der Waals surface area contributed by atoms with Crippen molar-refractivity contribution in [3.63, 3.8) is 0 Å². The lowest BCUT2D eigenvalue weighted by atomic mass is 9.96. The average Bonchev–Trinajstić information content (AvgIpc) is 2.73. The van der Waals surface area contributed by atoms with Gasteiger partial charge in [0.25, 0.3) is 0 Å². The molecule has 0 bridgehead atoms. The van der Waals surface area contributed by atoms with E-state index in [-0.39, 0.29) is 11.8 Å². The maximum absolute atomic E-state index is 12.1. The first kappa shape index (κ1) is 20.0. The van der Waals surface area contributed by atoms with Crippen LogP contribution in [0.1, 0.15) is 23.6 Å². The Balaban J connectivity index is 1.92. The van der Waals surface area contributed by atoms with E-state index >= 15 is 0 Å². The summed E-state index contributed by atoms with van der Waals surface area (Å²) in [7, 11) is 0. The second kappa shape index (κ2) is 9.98. The first-order valence-electron chi connectivity index (χ1n) is 9.68. The zero-order chi connectivity index (χ0) is 19.8. The molecule has 0 heterocycles. The monoisotopic (exact) mass is 373 g/mol. The summed E-state index contributed by atoms with van der Waals surface area (Å²) in [5.74, 6) is -0.202. The van der Waals surface area contributed by atoms with Gasteiger partial charge in [-0.2, -0.15) is 0 Å². The highest BCUT2D eigenvalue weighted by molar-refractivity contribution is 5.81. The minimum Gasteiger partial charge on any atom is -0.384 e. The summed E-state index contributed by atoms with van der Waals surface area (Å²) in [5, 5.41) is 10.8. The lowest BCUT2D eigenvalue weighted by Gasteiger charge is -2.34. The van der Waals surface area contributed by atoms with Crippen LogP contribution in [0.3, 0.4) is 0 Å². The molecule has 0 radical (unpaired) electrons. The zero-order valence-corrected chi connectivity index (χ0v) is 16.2. The number of hydrogen-bond donors (Lipinski definition) is 1. The van der Waals surface area contributed by atoms with Gasteiger partial charge in [-0.05, 0) is 30.0 Å². The third-order valence-electron chi connectivity index (χ3n) is 4.99. The quantitative estimate of drug-likeness (QED) is 0.610. The number of Topliss-reactive ketones (excluding diaryl/α,β-unsaturated/α-hetero) is 1. The van der Waals surface area contributed by atoms with Gasteiger partial charge in [-0.25, -0.2) is 0 Å². The fourth-order valence-corrected chi connectivity index (χ4v) is 3.49. The van der Waals surface area contributed by atoms with Crippen LogP contribution in [0.4, 0.5) is 0 Å². The highest BCUT2D eigenvalue weighted by Crippen LogP contribution is 2.20. The van der Waals surface area contributed by atoms with Crippen LogP contribution in [-0.4, -0.2) is 27.9 Å². The Hall–Kier alpha value is -2.75. The van der Waals surface area contributed by atoms with E-state index in [0.29, 0.717) is 19.5 Å². The SMILES string of the molecule is CC(=O)C(O)C(Cc1ccccc1)N(Cc1ccccc1)Cc1ccccc1. The fraction of sp³-hybridized carbons (Fsp3) is 0.240. The molecule has 0 aliphatic rings. The molecule has 1 N–H and O–H groups in total. The van der Waals surface area contributed by atoms with Gasteiger partial charge in [0, 0.05) is 19.1 Å². The molecule has 3 aromatic rings. The van der Waals surface area contributed by atoms with E-state index in [1.54, 1.807) is 0 Å². The van der Waals surface area contributed by atoms with Crippen molar-refractivity contribution in [3.8, 4) is 0 Å². The van der Waals surface area contributed by atoms with Gasteiger partial charge in [0.2, 0.25) is 0 Å². The Labute approximate surface area is 167 Å². The van der Waals surface area contributed by atoms with Crippen LogP contribution in [-0.2, 0) is 24.3 Å². The van der Waals surface area contributed by atoms with E-state index in [4.69, 9.17) is 0 Å². The molecule has 0 aliphatic heterocycles. The molecule has 0 fully saturated rings. The number of aliphatic hydroxyl groups excluding tert-OH is 1. The molecule has 3 aromatic carbocycles. The number of carbonyl (C=O) groups excluding carboxylic acids is 1. The molecule has 2 unspecified atom stereocenters. The van der Waals surface area contributed by atoms with E-state index in [9.17, 15) is 9.90 Å². The maximum atomic E-state index is 12.1. The van der Waals surface area contributed by atoms with Gasteiger partial charge in [0.15, 0.2) is 5.78 Å². The number of benzene rings is 3. The van der Waals surface area contributed by atoms with Crippen LogP contribution in [0.25, 0.3) is 0 Å². The molecule has 0 spiro atoms. The van der Waals surface area contributed by atoms with Gasteiger partial charge in [0.1, 0.15) is 6.10 Å². The van der Waals surface area contributed by atoms with Crippen molar-refractivity contribution in [2.75, 3.05) is 0 Å². The van der Waals surface area contributed by atoms with Gasteiger partial charge in [-0.3, -0.25) is 9.69 Å². The first-order valence-corrected chi connectivity index (χ1v) is 9.68. The molecule has 0 aromatic heterocycles. The van der Waals surface area contributed by atoms with Crippen LogP contribution in [0.15, 0.2) is 91.0 Å². The molecular formula is C25H27NO2. The Morgan fingerprint density at radius 3 is 1.54 bits per heavy atom. The second-order valence-electron chi connectivity index (χ2n) is 7.19. The van der Waals surface area contributed by atoms with E-state index in [2.05, 4.69) is 29.2 Å². The zero-order valence-electron chi connectivity index (χ0n) is 16.2. The molecule has 28 heavy (non-hydrogen) atoms. The number of rotatable bonds is 9. The standard InChI is InChI=1S/C25H27NO2/c1-20(27)25(28)24(17-21-11-5-2-6-12-21)26(18-22-13-7-3-8-14-22)19-23-15-9-4-10-16-23/h2-16,24-25,28H,17-19H2,1H3. The summed E-state index contributed by atoms with van der Waals surface area (Å²) in [5.41, 5.74) is 3.43.